The fraction of sp³-hybridized carbons (Fsp3) is 1.00. The second kappa shape index (κ2) is 9.10. The van der Waals surface area contributed by atoms with E-state index in [-0.39, 0.29) is 25.5 Å². The summed E-state index contributed by atoms with van der Waals surface area (Å²) in [6.07, 6.45) is 0. The zero-order valence-corrected chi connectivity index (χ0v) is 3.27. The van der Waals surface area contributed by atoms with Crippen LogP contribution in [0.15, 0.2) is 0 Å². The van der Waals surface area contributed by atoms with Crippen LogP contribution < -0.4 is 0 Å². The van der Waals surface area contributed by atoms with Crippen molar-refractivity contribution < 1.29 is 9.84 Å². The Morgan fingerprint density at radius 3 is 2.17 bits per heavy atom. The van der Waals surface area contributed by atoms with Crippen LogP contribution in [-0.4, -0.2) is 44.3 Å². The molecule has 6 heavy (non-hydrogen) atoms. The first-order valence-electron chi connectivity index (χ1n) is 1.51. The Labute approximate surface area is 49.7 Å². The fourth-order valence-corrected chi connectivity index (χ4v) is 0.0913. The van der Waals surface area contributed by atoms with E-state index in [1.165, 1.54) is 0 Å². The summed E-state index contributed by atoms with van der Waals surface area (Å²) in [5.74, 6) is 0. The fourth-order valence-electron chi connectivity index (χ4n) is 0.0913. The molecule has 34 valence electrons. The van der Waals surface area contributed by atoms with Crippen molar-refractivity contribution in [2.24, 2.45) is 0 Å². The normalized spacial score (nSPS) is 7.00. The molecule has 2 nitrogen and oxygen atoms in total. The van der Waals surface area contributed by atoms with Crippen LogP contribution >= 0.6 is 0 Å². The summed E-state index contributed by atoms with van der Waals surface area (Å²) < 4.78 is 4.44. The molecule has 0 aliphatic carbocycles. The molecule has 0 aliphatic heterocycles. The predicted molar refractivity (Wildman–Crippen MR) is 26.1 cm³/mol. The molecule has 0 bridgehead atoms. The van der Waals surface area contributed by atoms with Gasteiger partial charge in [-0.05, 0) is 0 Å². The second-order valence-electron chi connectivity index (χ2n) is 0.716. The summed E-state index contributed by atoms with van der Waals surface area (Å²) in [5, 5.41) is 7.94. The van der Waals surface area contributed by atoms with Gasteiger partial charge in [-0.3, -0.25) is 0 Å². The van der Waals surface area contributed by atoms with Gasteiger partial charge in [-0.1, -0.05) is 0 Å². The number of aliphatic hydroxyl groups excluding tert-OH is 1. The van der Waals surface area contributed by atoms with Crippen molar-refractivity contribution in [1.29, 1.82) is 0 Å². The predicted octanol–water partition coefficient (Wildman–Crippen LogP) is -1.02. The van der Waals surface area contributed by atoms with Gasteiger partial charge in [0.2, 0.25) is 0 Å². The van der Waals surface area contributed by atoms with Gasteiger partial charge in [0.05, 0.1) is 13.2 Å². The minimum atomic E-state index is 0. The van der Waals surface area contributed by atoms with Gasteiger partial charge < -0.3 is 9.84 Å². The van der Waals surface area contributed by atoms with Crippen molar-refractivity contribution in [1.82, 2.24) is 0 Å². The molecule has 0 aromatic heterocycles. The monoisotopic (exact) mass is 84.1 g/mol. The summed E-state index contributed by atoms with van der Waals surface area (Å²) in [4.78, 5) is 0. The zero-order chi connectivity index (χ0) is 4.12. The molecule has 0 saturated carbocycles. The van der Waals surface area contributed by atoms with Gasteiger partial charge in [0, 0.05) is 7.11 Å². The molecular weight excluding hydrogens is 75.0 g/mol. The van der Waals surface area contributed by atoms with E-state index in [9.17, 15) is 0 Å². The molecule has 3 heteroatoms. The maximum absolute atomic E-state index is 7.94. The summed E-state index contributed by atoms with van der Waals surface area (Å²) in [6, 6.07) is 0. The summed E-state index contributed by atoms with van der Waals surface area (Å²) in [5.41, 5.74) is 0. The standard InChI is InChI=1S/C3H8O2.Li.H/c1-5-3-2-4;;/h4H,2-3H2,1H3;;. The van der Waals surface area contributed by atoms with Crippen LogP contribution in [0.2, 0.25) is 0 Å². The maximum atomic E-state index is 7.94. The summed E-state index contributed by atoms with van der Waals surface area (Å²) in [6.45, 7) is 0.566. The van der Waals surface area contributed by atoms with Crippen LogP contribution in [0.1, 0.15) is 0 Å². The van der Waals surface area contributed by atoms with E-state index < -0.39 is 0 Å². The van der Waals surface area contributed by atoms with E-state index in [0.29, 0.717) is 6.61 Å². The molecule has 0 rings (SSSR count). The van der Waals surface area contributed by atoms with Crippen molar-refractivity contribution >= 4 is 18.9 Å². The summed E-state index contributed by atoms with van der Waals surface area (Å²) >= 11 is 0. The first-order chi connectivity index (χ1) is 2.41. The zero-order valence-electron chi connectivity index (χ0n) is 3.27. The number of hydrogen-bond acceptors (Lipinski definition) is 2. The Balaban J connectivity index is 0. The van der Waals surface area contributed by atoms with Crippen molar-refractivity contribution in [3.05, 3.63) is 0 Å². The van der Waals surface area contributed by atoms with Crippen LogP contribution in [0.5, 0.6) is 0 Å². The Morgan fingerprint density at radius 1 is 1.67 bits per heavy atom. The Bertz CT molecular complexity index is 16.3. The van der Waals surface area contributed by atoms with Gasteiger partial charge in [-0.2, -0.15) is 0 Å². The number of rotatable bonds is 2. The van der Waals surface area contributed by atoms with Gasteiger partial charge in [-0.25, -0.2) is 0 Å². The molecule has 0 aromatic carbocycles. The van der Waals surface area contributed by atoms with Gasteiger partial charge >= 0.3 is 18.9 Å². The quantitative estimate of drug-likeness (QED) is 0.434. The van der Waals surface area contributed by atoms with Gasteiger partial charge in [-0.15, -0.1) is 0 Å². The SMILES string of the molecule is COCCO.[LiH]. The topological polar surface area (TPSA) is 29.5 Å². The van der Waals surface area contributed by atoms with Crippen LogP contribution in [-0.2, 0) is 4.74 Å². The number of methoxy groups -OCH3 is 1. The Hall–Kier alpha value is 0.517. The molecule has 0 unspecified atom stereocenters. The molecule has 0 saturated heterocycles. The Morgan fingerprint density at radius 2 is 2.17 bits per heavy atom. The van der Waals surface area contributed by atoms with E-state index in [1.807, 2.05) is 0 Å². The molecule has 0 radical (unpaired) electrons. The molecule has 0 spiro atoms. The van der Waals surface area contributed by atoms with Crippen LogP contribution in [0.3, 0.4) is 0 Å². The van der Waals surface area contributed by atoms with Gasteiger partial charge in [0.15, 0.2) is 0 Å². The van der Waals surface area contributed by atoms with Crippen LogP contribution in [0, 0.1) is 0 Å². The van der Waals surface area contributed by atoms with E-state index in [0.717, 1.165) is 0 Å². The molecular formula is C3H9LiO2. The van der Waals surface area contributed by atoms with Crippen molar-refractivity contribution in [2.45, 2.75) is 0 Å². The average Bonchev–Trinajstić information content (AvgIpc) is 1.41. The van der Waals surface area contributed by atoms with Gasteiger partial charge in [0.1, 0.15) is 0 Å². The molecule has 0 atom stereocenters. The Kier molecular flexibility index (Phi) is 14.7. The van der Waals surface area contributed by atoms with E-state index in [2.05, 4.69) is 4.74 Å². The molecule has 0 fully saturated rings. The van der Waals surface area contributed by atoms with Crippen molar-refractivity contribution in [3.8, 4) is 0 Å². The van der Waals surface area contributed by atoms with E-state index in [1.54, 1.807) is 7.11 Å². The number of aliphatic hydroxyl groups is 1. The second-order valence-corrected chi connectivity index (χ2v) is 0.716. The van der Waals surface area contributed by atoms with Crippen molar-refractivity contribution in [2.75, 3.05) is 20.3 Å². The average molecular weight is 84.0 g/mol. The van der Waals surface area contributed by atoms with Crippen LogP contribution in [0.25, 0.3) is 0 Å². The van der Waals surface area contributed by atoms with Crippen LogP contribution in [0.4, 0.5) is 0 Å². The number of ether oxygens (including phenoxy) is 1. The summed E-state index contributed by atoms with van der Waals surface area (Å²) in [7, 11) is 1.55. The minimum absolute atomic E-state index is 0. The number of hydrogen-bond donors (Lipinski definition) is 1. The molecule has 1 N–H and O–H groups in total. The van der Waals surface area contributed by atoms with Crippen molar-refractivity contribution in [3.63, 3.8) is 0 Å². The third kappa shape index (κ3) is 8.82. The molecule has 0 aliphatic rings. The molecule has 0 heterocycles. The van der Waals surface area contributed by atoms with E-state index in [4.69, 9.17) is 5.11 Å². The third-order valence-corrected chi connectivity index (χ3v) is 0.295. The molecule has 0 amide bonds. The molecule has 0 aromatic rings. The first-order valence-corrected chi connectivity index (χ1v) is 1.51. The third-order valence-electron chi connectivity index (χ3n) is 0.295. The van der Waals surface area contributed by atoms with Gasteiger partial charge in [0.25, 0.3) is 0 Å². The first kappa shape index (κ1) is 9.72. The van der Waals surface area contributed by atoms with E-state index >= 15 is 0 Å².